The molecular formula is C22H13ClF2N4O. The molecular weight excluding hydrogens is 410 g/mol. The molecule has 0 unspecified atom stereocenters. The molecule has 0 aliphatic carbocycles. The van der Waals surface area contributed by atoms with E-state index in [9.17, 15) is 13.6 Å². The van der Waals surface area contributed by atoms with Crippen LogP contribution in [0.3, 0.4) is 0 Å². The number of nitrogens with zero attached hydrogens (tertiary/aromatic N) is 3. The van der Waals surface area contributed by atoms with Gasteiger partial charge in [-0.1, -0.05) is 35.9 Å². The SMILES string of the molecule is N#CC(C#N)CC(=O)c1ccccc1F.N#Cc1cc(-c2ccccc2F)[nH]c1Cl. The van der Waals surface area contributed by atoms with E-state index in [-0.39, 0.29) is 23.0 Å². The van der Waals surface area contributed by atoms with Gasteiger partial charge < -0.3 is 4.98 Å². The van der Waals surface area contributed by atoms with Gasteiger partial charge >= 0.3 is 0 Å². The number of benzene rings is 2. The maximum atomic E-state index is 13.4. The van der Waals surface area contributed by atoms with E-state index < -0.39 is 17.5 Å². The van der Waals surface area contributed by atoms with E-state index in [4.69, 9.17) is 27.4 Å². The van der Waals surface area contributed by atoms with Gasteiger partial charge in [-0.3, -0.25) is 4.79 Å². The first-order chi connectivity index (χ1) is 14.4. The minimum absolute atomic E-state index is 0.0759. The van der Waals surface area contributed by atoms with Crippen LogP contribution in [0.15, 0.2) is 54.6 Å². The maximum Gasteiger partial charge on any atom is 0.168 e. The second-order valence-electron chi connectivity index (χ2n) is 5.92. The number of carbonyl (C=O) groups excluding carboxylic acids is 1. The third-order valence-corrected chi connectivity index (χ3v) is 4.23. The van der Waals surface area contributed by atoms with Crippen LogP contribution < -0.4 is 0 Å². The van der Waals surface area contributed by atoms with E-state index >= 15 is 0 Å². The Morgan fingerprint density at radius 3 is 2.13 bits per heavy atom. The molecule has 0 aliphatic rings. The van der Waals surface area contributed by atoms with Crippen molar-refractivity contribution in [3.8, 4) is 29.5 Å². The second kappa shape index (κ2) is 10.5. The molecule has 0 radical (unpaired) electrons. The summed E-state index contributed by atoms with van der Waals surface area (Å²) in [7, 11) is 0. The number of nitrogens with one attached hydrogen (secondary N) is 1. The topological polar surface area (TPSA) is 104 Å². The average Bonchev–Trinajstić information content (AvgIpc) is 3.13. The summed E-state index contributed by atoms with van der Waals surface area (Å²) in [5.41, 5.74) is 1.15. The highest BCUT2D eigenvalue weighted by Gasteiger charge is 2.16. The van der Waals surface area contributed by atoms with Gasteiger partial charge in [0.25, 0.3) is 0 Å². The van der Waals surface area contributed by atoms with Gasteiger partial charge in [-0.05, 0) is 30.3 Å². The molecule has 0 saturated heterocycles. The number of carbonyl (C=O) groups is 1. The van der Waals surface area contributed by atoms with E-state index in [1.807, 2.05) is 6.07 Å². The number of Topliss-reactive ketones (excluding diaryl/α,β-unsaturated/α-hetero) is 1. The molecule has 148 valence electrons. The molecule has 0 atom stereocenters. The average molecular weight is 423 g/mol. The molecule has 0 amide bonds. The van der Waals surface area contributed by atoms with Gasteiger partial charge in [-0.25, -0.2) is 8.78 Å². The van der Waals surface area contributed by atoms with Crippen molar-refractivity contribution in [3.05, 3.63) is 82.5 Å². The molecule has 3 aromatic rings. The zero-order chi connectivity index (χ0) is 22.1. The minimum Gasteiger partial charge on any atom is -0.344 e. The normalized spacial score (nSPS) is 9.63. The number of ketones is 1. The summed E-state index contributed by atoms with van der Waals surface area (Å²) < 4.78 is 26.5. The lowest BCUT2D eigenvalue weighted by Gasteiger charge is -2.01. The zero-order valence-corrected chi connectivity index (χ0v) is 16.1. The first-order valence-electron chi connectivity index (χ1n) is 8.51. The van der Waals surface area contributed by atoms with Crippen LogP contribution in [0.5, 0.6) is 0 Å². The standard InChI is InChI=1S/C11H6ClFN2.C11H7FN2O/c12-11-7(6-14)5-10(15-11)8-3-1-2-4-9(8)13;12-10-4-2-1-3-9(10)11(15)5-8(6-13)7-14/h1-5,15H;1-4,8H,5H2. The summed E-state index contributed by atoms with van der Waals surface area (Å²) in [6.07, 6.45) is -0.270. The summed E-state index contributed by atoms with van der Waals surface area (Å²) in [4.78, 5) is 14.2. The number of H-pyrrole nitrogens is 1. The summed E-state index contributed by atoms with van der Waals surface area (Å²) >= 11 is 5.75. The summed E-state index contributed by atoms with van der Waals surface area (Å²) in [6.45, 7) is 0. The van der Waals surface area contributed by atoms with E-state index in [1.165, 1.54) is 36.4 Å². The van der Waals surface area contributed by atoms with Gasteiger partial charge in [0.15, 0.2) is 5.78 Å². The van der Waals surface area contributed by atoms with Gasteiger partial charge in [0.1, 0.15) is 28.8 Å². The minimum atomic E-state index is -1.02. The van der Waals surface area contributed by atoms with Crippen LogP contribution in [0.1, 0.15) is 22.3 Å². The molecule has 0 bridgehead atoms. The molecule has 1 N–H and O–H groups in total. The molecule has 0 fully saturated rings. The van der Waals surface area contributed by atoms with E-state index in [1.54, 1.807) is 30.3 Å². The van der Waals surface area contributed by atoms with Crippen molar-refractivity contribution in [1.29, 1.82) is 15.8 Å². The van der Waals surface area contributed by atoms with Crippen LogP contribution in [0, 0.1) is 51.5 Å². The van der Waals surface area contributed by atoms with Gasteiger partial charge in [0, 0.05) is 12.0 Å². The van der Waals surface area contributed by atoms with Crippen molar-refractivity contribution >= 4 is 17.4 Å². The zero-order valence-electron chi connectivity index (χ0n) is 15.4. The molecule has 0 spiro atoms. The fraction of sp³-hybridized carbons (Fsp3) is 0.0909. The molecule has 1 heterocycles. The monoisotopic (exact) mass is 422 g/mol. The van der Waals surface area contributed by atoms with Crippen molar-refractivity contribution < 1.29 is 13.6 Å². The highest BCUT2D eigenvalue weighted by Crippen LogP contribution is 2.26. The Hall–Kier alpha value is -3.99. The molecule has 0 saturated carbocycles. The van der Waals surface area contributed by atoms with Gasteiger partial charge in [-0.2, -0.15) is 15.8 Å². The summed E-state index contributed by atoms with van der Waals surface area (Å²) in [5, 5.41) is 25.9. The number of aromatic amines is 1. The van der Waals surface area contributed by atoms with Crippen molar-refractivity contribution in [2.75, 3.05) is 0 Å². The Morgan fingerprint density at radius 1 is 1.00 bits per heavy atom. The predicted molar refractivity (Wildman–Crippen MR) is 106 cm³/mol. The maximum absolute atomic E-state index is 13.4. The number of hydrogen-bond acceptors (Lipinski definition) is 4. The quantitative estimate of drug-likeness (QED) is 0.567. The van der Waals surface area contributed by atoms with E-state index in [2.05, 4.69) is 4.98 Å². The van der Waals surface area contributed by atoms with Crippen molar-refractivity contribution in [2.24, 2.45) is 5.92 Å². The molecule has 30 heavy (non-hydrogen) atoms. The van der Waals surface area contributed by atoms with Gasteiger partial charge in [0.05, 0.1) is 29.0 Å². The largest absolute Gasteiger partial charge is 0.344 e. The van der Waals surface area contributed by atoms with Gasteiger partial charge in [-0.15, -0.1) is 0 Å². The highest BCUT2D eigenvalue weighted by atomic mass is 35.5. The van der Waals surface area contributed by atoms with E-state index in [0.29, 0.717) is 16.8 Å². The number of rotatable bonds is 4. The van der Waals surface area contributed by atoms with Crippen molar-refractivity contribution in [2.45, 2.75) is 6.42 Å². The second-order valence-corrected chi connectivity index (χ2v) is 6.30. The molecule has 3 rings (SSSR count). The lowest BCUT2D eigenvalue weighted by molar-refractivity contribution is 0.0973. The smallest absolute Gasteiger partial charge is 0.168 e. The fourth-order valence-electron chi connectivity index (χ4n) is 2.44. The predicted octanol–water partition coefficient (Wildman–Crippen LogP) is 5.41. The Labute approximate surface area is 176 Å². The highest BCUT2D eigenvalue weighted by molar-refractivity contribution is 6.30. The lowest BCUT2D eigenvalue weighted by atomic mass is 10.0. The molecule has 5 nitrogen and oxygen atoms in total. The molecule has 2 aromatic carbocycles. The van der Waals surface area contributed by atoms with Crippen LogP contribution in [-0.4, -0.2) is 10.8 Å². The molecule has 8 heteroatoms. The molecule has 1 aromatic heterocycles. The van der Waals surface area contributed by atoms with Crippen LogP contribution in [-0.2, 0) is 0 Å². The third kappa shape index (κ3) is 5.52. The summed E-state index contributed by atoms with van der Waals surface area (Å²) in [6, 6.07) is 18.6. The Balaban J connectivity index is 0.000000214. The first kappa shape index (κ1) is 22.3. The lowest BCUT2D eigenvalue weighted by Crippen LogP contribution is -2.07. The Kier molecular flexibility index (Phi) is 7.82. The van der Waals surface area contributed by atoms with Crippen LogP contribution >= 0.6 is 11.6 Å². The number of hydrogen-bond donors (Lipinski definition) is 1. The fourth-order valence-corrected chi connectivity index (χ4v) is 2.64. The van der Waals surface area contributed by atoms with Crippen LogP contribution in [0.2, 0.25) is 5.15 Å². The summed E-state index contributed by atoms with van der Waals surface area (Å²) in [5.74, 6) is -2.52. The first-order valence-corrected chi connectivity index (χ1v) is 8.89. The Morgan fingerprint density at radius 2 is 1.60 bits per heavy atom. The van der Waals surface area contributed by atoms with Crippen LogP contribution in [0.4, 0.5) is 8.78 Å². The third-order valence-electron chi connectivity index (χ3n) is 3.93. The Bertz CT molecular complexity index is 1170. The van der Waals surface area contributed by atoms with Gasteiger partial charge in [0.2, 0.25) is 0 Å². The number of aromatic nitrogens is 1. The number of nitriles is 3. The van der Waals surface area contributed by atoms with Crippen molar-refractivity contribution in [3.63, 3.8) is 0 Å². The molecule has 0 aliphatic heterocycles. The van der Waals surface area contributed by atoms with E-state index in [0.717, 1.165) is 0 Å². The number of halogens is 3. The van der Waals surface area contributed by atoms with Crippen LogP contribution in [0.25, 0.3) is 11.3 Å². The van der Waals surface area contributed by atoms with Crippen molar-refractivity contribution in [1.82, 2.24) is 4.98 Å².